The fraction of sp³-hybridized carbons (Fsp3) is 0.333. The van der Waals surface area contributed by atoms with Crippen LogP contribution in [0.1, 0.15) is 11.4 Å². The number of nitrogens with one attached hydrogen (secondary N) is 1. The van der Waals surface area contributed by atoms with E-state index in [9.17, 15) is 17.6 Å². The molecule has 2 aromatic rings. The molecule has 0 unspecified atom stereocenters. The van der Waals surface area contributed by atoms with Crippen LogP contribution in [-0.2, 0) is 21.1 Å². The Labute approximate surface area is 138 Å². The van der Waals surface area contributed by atoms with E-state index in [1.165, 1.54) is 23.5 Å². The van der Waals surface area contributed by atoms with Gasteiger partial charge in [-0.2, -0.15) is 0 Å². The Bertz CT molecular complexity index is 770. The van der Waals surface area contributed by atoms with E-state index < -0.39 is 9.84 Å². The molecule has 23 heavy (non-hydrogen) atoms. The van der Waals surface area contributed by atoms with Crippen LogP contribution in [0.15, 0.2) is 29.6 Å². The zero-order valence-electron chi connectivity index (χ0n) is 12.6. The number of thiazole rings is 1. The maximum absolute atomic E-state index is 12.9. The van der Waals surface area contributed by atoms with E-state index in [0.29, 0.717) is 6.42 Å². The van der Waals surface area contributed by atoms with Gasteiger partial charge in [0.2, 0.25) is 5.91 Å². The van der Waals surface area contributed by atoms with Gasteiger partial charge in [0.25, 0.3) is 0 Å². The lowest BCUT2D eigenvalue weighted by Crippen LogP contribution is -2.28. The second-order valence-corrected chi connectivity index (χ2v) is 8.32. The summed E-state index contributed by atoms with van der Waals surface area (Å²) in [6.45, 7) is 0.121. The second-order valence-electron chi connectivity index (χ2n) is 5.11. The van der Waals surface area contributed by atoms with Gasteiger partial charge in [-0.05, 0) is 24.3 Å². The van der Waals surface area contributed by atoms with E-state index in [1.54, 1.807) is 12.1 Å². The van der Waals surface area contributed by atoms with Gasteiger partial charge in [0.05, 0.1) is 16.5 Å². The average molecular weight is 356 g/mol. The van der Waals surface area contributed by atoms with Crippen molar-refractivity contribution in [2.24, 2.45) is 0 Å². The molecule has 5 nitrogen and oxygen atoms in total. The highest BCUT2D eigenvalue weighted by molar-refractivity contribution is 7.90. The molecule has 0 spiro atoms. The molecule has 0 aliphatic carbocycles. The molecule has 0 atom stereocenters. The molecule has 8 heteroatoms. The first-order chi connectivity index (χ1) is 10.8. The molecule has 0 bridgehead atoms. The number of amides is 1. The monoisotopic (exact) mass is 356 g/mol. The highest BCUT2D eigenvalue weighted by atomic mass is 32.2. The van der Waals surface area contributed by atoms with E-state index in [1.807, 2.05) is 5.38 Å². The van der Waals surface area contributed by atoms with E-state index >= 15 is 0 Å². The largest absolute Gasteiger partial charge is 0.355 e. The van der Waals surface area contributed by atoms with Crippen LogP contribution in [0.3, 0.4) is 0 Å². The fourth-order valence-electron chi connectivity index (χ4n) is 1.86. The maximum atomic E-state index is 12.9. The minimum atomic E-state index is -3.07. The van der Waals surface area contributed by atoms with Crippen molar-refractivity contribution in [1.29, 1.82) is 0 Å². The van der Waals surface area contributed by atoms with Crippen molar-refractivity contribution < 1.29 is 17.6 Å². The smallest absolute Gasteiger partial charge is 0.220 e. The number of carbonyl (C=O) groups excluding carboxylic acids is 1. The SMILES string of the molecule is CS(=O)(=O)CCNC(=O)CCc1nc(-c2ccc(F)cc2)cs1. The third-order valence-corrected chi connectivity index (χ3v) is 4.91. The Morgan fingerprint density at radius 3 is 2.65 bits per heavy atom. The Morgan fingerprint density at radius 2 is 2.00 bits per heavy atom. The topological polar surface area (TPSA) is 76.1 Å². The molecular formula is C15H17FN2O3S2. The summed E-state index contributed by atoms with van der Waals surface area (Å²) in [7, 11) is -3.07. The van der Waals surface area contributed by atoms with E-state index in [-0.39, 0.29) is 30.4 Å². The van der Waals surface area contributed by atoms with Gasteiger partial charge in [-0.3, -0.25) is 4.79 Å². The van der Waals surface area contributed by atoms with Crippen LogP contribution in [0.25, 0.3) is 11.3 Å². The highest BCUT2D eigenvalue weighted by Crippen LogP contribution is 2.22. The first-order valence-corrected chi connectivity index (χ1v) is 9.92. The number of halogens is 1. The summed E-state index contributed by atoms with van der Waals surface area (Å²) in [6, 6.07) is 6.07. The summed E-state index contributed by atoms with van der Waals surface area (Å²) in [5, 5.41) is 5.24. The number of aromatic nitrogens is 1. The van der Waals surface area contributed by atoms with Crippen LogP contribution < -0.4 is 5.32 Å². The van der Waals surface area contributed by atoms with Gasteiger partial charge in [-0.25, -0.2) is 17.8 Å². The molecule has 0 aliphatic rings. The molecule has 1 N–H and O–H groups in total. The van der Waals surface area contributed by atoms with Crippen molar-refractivity contribution in [2.75, 3.05) is 18.6 Å². The van der Waals surface area contributed by atoms with Gasteiger partial charge in [-0.15, -0.1) is 11.3 Å². The van der Waals surface area contributed by atoms with Crippen molar-refractivity contribution in [3.63, 3.8) is 0 Å². The highest BCUT2D eigenvalue weighted by Gasteiger charge is 2.08. The van der Waals surface area contributed by atoms with Gasteiger partial charge >= 0.3 is 0 Å². The van der Waals surface area contributed by atoms with Gasteiger partial charge in [-0.1, -0.05) is 0 Å². The molecule has 0 saturated carbocycles. The minimum Gasteiger partial charge on any atom is -0.355 e. The van der Waals surface area contributed by atoms with Gasteiger partial charge in [0, 0.05) is 36.6 Å². The number of benzene rings is 1. The normalized spacial score (nSPS) is 11.4. The Balaban J connectivity index is 1.83. The molecular weight excluding hydrogens is 339 g/mol. The van der Waals surface area contributed by atoms with Crippen molar-refractivity contribution in [3.8, 4) is 11.3 Å². The van der Waals surface area contributed by atoms with E-state index in [4.69, 9.17) is 0 Å². The first-order valence-electron chi connectivity index (χ1n) is 6.98. The zero-order chi connectivity index (χ0) is 16.9. The second kappa shape index (κ2) is 7.65. The number of rotatable bonds is 7. The number of hydrogen-bond acceptors (Lipinski definition) is 5. The molecule has 1 aromatic heterocycles. The molecule has 124 valence electrons. The lowest BCUT2D eigenvalue weighted by molar-refractivity contribution is -0.120. The van der Waals surface area contributed by atoms with Crippen molar-refractivity contribution >= 4 is 27.1 Å². The third-order valence-electron chi connectivity index (χ3n) is 3.05. The van der Waals surface area contributed by atoms with Crippen LogP contribution >= 0.6 is 11.3 Å². The van der Waals surface area contributed by atoms with Crippen LogP contribution in [-0.4, -0.2) is 37.9 Å². The molecule has 0 saturated heterocycles. The Kier molecular flexibility index (Phi) is 5.84. The number of nitrogens with zero attached hydrogens (tertiary/aromatic N) is 1. The molecule has 0 radical (unpaired) electrons. The summed E-state index contributed by atoms with van der Waals surface area (Å²) in [5.41, 5.74) is 1.58. The van der Waals surface area contributed by atoms with Gasteiger partial charge in [0.1, 0.15) is 15.7 Å². The zero-order valence-corrected chi connectivity index (χ0v) is 14.2. The molecule has 1 aromatic carbocycles. The number of sulfone groups is 1. The quantitative estimate of drug-likeness (QED) is 0.824. The standard InChI is InChI=1S/C15H17FN2O3S2/c1-23(20,21)9-8-17-14(19)6-7-15-18-13(10-22-15)11-2-4-12(16)5-3-11/h2-5,10H,6-9H2,1H3,(H,17,19). The molecule has 2 rings (SSSR count). The first kappa shape index (κ1) is 17.6. The maximum Gasteiger partial charge on any atom is 0.220 e. The lowest BCUT2D eigenvalue weighted by atomic mass is 10.2. The third kappa shape index (κ3) is 6.07. The Hall–Kier alpha value is -1.80. The van der Waals surface area contributed by atoms with Crippen LogP contribution in [0.2, 0.25) is 0 Å². The number of hydrogen-bond donors (Lipinski definition) is 1. The van der Waals surface area contributed by atoms with Crippen LogP contribution in [0, 0.1) is 5.82 Å². The summed E-state index contributed by atoms with van der Waals surface area (Å²) >= 11 is 1.44. The van der Waals surface area contributed by atoms with Crippen molar-refractivity contribution in [3.05, 3.63) is 40.5 Å². The summed E-state index contributed by atoms with van der Waals surface area (Å²) in [5.74, 6) is -0.563. The van der Waals surface area contributed by atoms with Crippen molar-refractivity contribution in [2.45, 2.75) is 12.8 Å². The summed E-state index contributed by atoms with van der Waals surface area (Å²) in [6.07, 6.45) is 1.86. The Morgan fingerprint density at radius 1 is 1.30 bits per heavy atom. The molecule has 0 fully saturated rings. The number of aryl methyl sites for hydroxylation is 1. The summed E-state index contributed by atoms with van der Waals surface area (Å²) in [4.78, 5) is 16.1. The minimum absolute atomic E-state index is 0.0648. The van der Waals surface area contributed by atoms with E-state index in [2.05, 4.69) is 10.3 Å². The molecule has 1 heterocycles. The summed E-state index contributed by atoms with van der Waals surface area (Å²) < 4.78 is 34.8. The average Bonchev–Trinajstić information content (AvgIpc) is 2.93. The fourth-order valence-corrected chi connectivity index (χ4v) is 3.14. The van der Waals surface area contributed by atoms with Crippen molar-refractivity contribution in [1.82, 2.24) is 10.3 Å². The molecule has 1 amide bonds. The van der Waals surface area contributed by atoms with Crippen LogP contribution in [0.4, 0.5) is 4.39 Å². The predicted molar refractivity (Wildman–Crippen MR) is 88.5 cm³/mol. The van der Waals surface area contributed by atoms with E-state index in [0.717, 1.165) is 22.5 Å². The van der Waals surface area contributed by atoms with Gasteiger partial charge < -0.3 is 5.32 Å². The predicted octanol–water partition coefficient (Wildman–Crippen LogP) is 2.04. The number of carbonyl (C=O) groups is 1. The lowest BCUT2D eigenvalue weighted by Gasteiger charge is -2.03. The molecule has 0 aliphatic heterocycles. The van der Waals surface area contributed by atoms with Crippen LogP contribution in [0.5, 0.6) is 0 Å². The van der Waals surface area contributed by atoms with Gasteiger partial charge in [0.15, 0.2) is 0 Å².